The number of thioether (sulfide) groups is 1. The Balaban J connectivity index is 1.73. The molecule has 0 bridgehead atoms. The number of likely N-dealkylation sites (tertiary alicyclic amines) is 1. The lowest BCUT2D eigenvalue weighted by Gasteiger charge is -2.24. The molecule has 2 atom stereocenters. The Morgan fingerprint density at radius 2 is 2.26 bits per heavy atom. The summed E-state index contributed by atoms with van der Waals surface area (Å²) in [6, 6.07) is 10.5. The molecule has 3 rings (SSSR count). The fourth-order valence-corrected chi connectivity index (χ4v) is 4.93. The van der Waals surface area contributed by atoms with Crippen molar-refractivity contribution < 1.29 is 9.53 Å². The fourth-order valence-electron chi connectivity index (χ4n) is 3.29. The molecule has 102 valence electrons. The van der Waals surface area contributed by atoms with Crippen molar-refractivity contribution in [3.8, 4) is 0 Å². The molecular formula is C15H19NO2S. The molecule has 0 amide bonds. The summed E-state index contributed by atoms with van der Waals surface area (Å²) in [7, 11) is 1.51. The van der Waals surface area contributed by atoms with Gasteiger partial charge < -0.3 is 4.74 Å². The molecule has 0 aliphatic carbocycles. The van der Waals surface area contributed by atoms with E-state index in [1.807, 2.05) is 17.8 Å². The van der Waals surface area contributed by atoms with E-state index in [1.54, 1.807) is 0 Å². The van der Waals surface area contributed by atoms with Crippen molar-refractivity contribution in [1.29, 1.82) is 0 Å². The number of nitrogens with zero attached hydrogens (tertiary/aromatic N) is 1. The quantitative estimate of drug-likeness (QED) is 0.791. The predicted molar refractivity (Wildman–Crippen MR) is 77.0 cm³/mol. The van der Waals surface area contributed by atoms with Crippen LogP contribution in [0.15, 0.2) is 30.3 Å². The summed E-state index contributed by atoms with van der Waals surface area (Å²) in [5, 5.41) is 0. The van der Waals surface area contributed by atoms with Crippen LogP contribution in [-0.2, 0) is 16.1 Å². The van der Waals surface area contributed by atoms with Crippen molar-refractivity contribution in [3.63, 3.8) is 0 Å². The molecule has 1 aromatic rings. The molecule has 0 radical (unpaired) electrons. The van der Waals surface area contributed by atoms with E-state index >= 15 is 0 Å². The second-order valence-electron chi connectivity index (χ2n) is 5.51. The number of hydrogen-bond acceptors (Lipinski definition) is 4. The number of carbonyl (C=O) groups excluding carboxylic acids is 1. The topological polar surface area (TPSA) is 29.5 Å². The molecule has 2 saturated heterocycles. The van der Waals surface area contributed by atoms with E-state index in [1.165, 1.54) is 12.7 Å². The van der Waals surface area contributed by atoms with Gasteiger partial charge >= 0.3 is 5.97 Å². The zero-order valence-electron chi connectivity index (χ0n) is 11.2. The van der Waals surface area contributed by atoms with Gasteiger partial charge in [-0.15, -0.1) is 0 Å². The van der Waals surface area contributed by atoms with E-state index in [2.05, 4.69) is 29.2 Å². The summed E-state index contributed by atoms with van der Waals surface area (Å²) in [5.41, 5.74) is 1.06. The van der Waals surface area contributed by atoms with Gasteiger partial charge in [-0.1, -0.05) is 30.3 Å². The third-order valence-corrected chi connectivity index (χ3v) is 5.64. The van der Waals surface area contributed by atoms with Crippen LogP contribution in [0.3, 0.4) is 0 Å². The summed E-state index contributed by atoms with van der Waals surface area (Å²) in [6.45, 7) is 2.78. The molecule has 0 N–H and O–H groups in total. The molecule has 2 aliphatic rings. The van der Waals surface area contributed by atoms with Crippen LogP contribution in [0.4, 0.5) is 0 Å². The summed E-state index contributed by atoms with van der Waals surface area (Å²) < 4.78 is 5.06. The van der Waals surface area contributed by atoms with Gasteiger partial charge in [0.2, 0.25) is 0 Å². The Labute approximate surface area is 118 Å². The number of rotatable bonds is 3. The van der Waals surface area contributed by atoms with Crippen molar-refractivity contribution in [2.45, 2.75) is 6.54 Å². The van der Waals surface area contributed by atoms with Crippen molar-refractivity contribution >= 4 is 17.7 Å². The first-order chi connectivity index (χ1) is 9.24. The molecule has 2 aliphatic heterocycles. The van der Waals surface area contributed by atoms with Gasteiger partial charge in [-0.25, -0.2) is 0 Å². The van der Waals surface area contributed by atoms with E-state index in [4.69, 9.17) is 4.74 Å². The van der Waals surface area contributed by atoms with Crippen LogP contribution < -0.4 is 0 Å². The zero-order valence-corrected chi connectivity index (χ0v) is 12.0. The number of fused-ring (bicyclic) bond motifs is 1. The Kier molecular flexibility index (Phi) is 3.54. The van der Waals surface area contributed by atoms with E-state index < -0.39 is 0 Å². The van der Waals surface area contributed by atoms with Crippen LogP contribution in [0, 0.1) is 11.3 Å². The van der Waals surface area contributed by atoms with Crippen LogP contribution in [0.2, 0.25) is 0 Å². The minimum absolute atomic E-state index is 0.0157. The van der Waals surface area contributed by atoms with E-state index in [0.717, 1.165) is 31.1 Å². The zero-order chi connectivity index (χ0) is 13.3. The highest BCUT2D eigenvalue weighted by atomic mass is 32.2. The highest BCUT2D eigenvalue weighted by molar-refractivity contribution is 7.99. The minimum atomic E-state index is -0.256. The first kappa shape index (κ1) is 13.0. The largest absolute Gasteiger partial charge is 0.469 e. The molecule has 2 heterocycles. The Hall–Kier alpha value is -1.00. The number of hydrogen-bond donors (Lipinski definition) is 0. The van der Waals surface area contributed by atoms with E-state index in [-0.39, 0.29) is 11.4 Å². The van der Waals surface area contributed by atoms with E-state index in [9.17, 15) is 4.79 Å². The van der Waals surface area contributed by atoms with Gasteiger partial charge in [-0.3, -0.25) is 9.69 Å². The highest BCUT2D eigenvalue weighted by Crippen LogP contribution is 2.47. The van der Waals surface area contributed by atoms with Crippen LogP contribution in [0.1, 0.15) is 5.56 Å². The fraction of sp³-hybridized carbons (Fsp3) is 0.533. The van der Waals surface area contributed by atoms with Gasteiger partial charge in [-0.05, 0) is 17.2 Å². The molecule has 3 nitrogen and oxygen atoms in total. The Morgan fingerprint density at radius 3 is 3.00 bits per heavy atom. The van der Waals surface area contributed by atoms with Gasteiger partial charge in [0.05, 0.1) is 12.5 Å². The predicted octanol–water partition coefficient (Wildman–Crippen LogP) is 2.02. The first-order valence-corrected chi connectivity index (χ1v) is 7.82. The maximum absolute atomic E-state index is 12.2. The maximum atomic E-state index is 12.2. The lowest BCUT2D eigenvalue weighted by Crippen LogP contribution is -2.39. The van der Waals surface area contributed by atoms with Crippen LogP contribution >= 0.6 is 11.8 Å². The lowest BCUT2D eigenvalue weighted by molar-refractivity contribution is -0.152. The van der Waals surface area contributed by atoms with Crippen LogP contribution in [0.25, 0.3) is 0 Å². The smallest absolute Gasteiger partial charge is 0.314 e. The lowest BCUT2D eigenvalue weighted by atomic mass is 9.81. The molecule has 1 aromatic carbocycles. The van der Waals surface area contributed by atoms with Gasteiger partial charge in [0, 0.05) is 25.4 Å². The monoisotopic (exact) mass is 277 g/mol. The second-order valence-corrected chi connectivity index (χ2v) is 6.55. The summed E-state index contributed by atoms with van der Waals surface area (Å²) in [6.07, 6.45) is 0. The van der Waals surface area contributed by atoms with Crippen molar-refractivity contribution in [1.82, 2.24) is 4.90 Å². The molecule has 4 heteroatoms. The molecule has 2 fully saturated rings. The summed E-state index contributed by atoms with van der Waals surface area (Å²) in [5.74, 6) is 2.43. The van der Waals surface area contributed by atoms with Crippen molar-refractivity contribution in [3.05, 3.63) is 35.9 Å². The Morgan fingerprint density at radius 1 is 1.47 bits per heavy atom. The molecule has 19 heavy (non-hydrogen) atoms. The summed E-state index contributed by atoms with van der Waals surface area (Å²) in [4.78, 5) is 14.6. The third kappa shape index (κ3) is 2.28. The molecule has 2 unspecified atom stereocenters. The first-order valence-electron chi connectivity index (χ1n) is 6.67. The second kappa shape index (κ2) is 5.17. The number of esters is 1. The number of ether oxygens (including phenoxy) is 1. The number of methoxy groups -OCH3 is 1. The minimum Gasteiger partial charge on any atom is -0.469 e. The van der Waals surface area contributed by atoms with E-state index in [0.29, 0.717) is 5.92 Å². The third-order valence-electron chi connectivity index (χ3n) is 4.29. The van der Waals surface area contributed by atoms with Gasteiger partial charge in [-0.2, -0.15) is 11.8 Å². The average Bonchev–Trinajstić information content (AvgIpc) is 2.96. The van der Waals surface area contributed by atoms with Gasteiger partial charge in [0.15, 0.2) is 0 Å². The number of benzene rings is 1. The normalized spacial score (nSPS) is 30.3. The van der Waals surface area contributed by atoms with Crippen LogP contribution in [0.5, 0.6) is 0 Å². The van der Waals surface area contributed by atoms with Crippen molar-refractivity contribution in [2.75, 3.05) is 31.7 Å². The summed E-state index contributed by atoms with van der Waals surface area (Å²) >= 11 is 1.89. The highest BCUT2D eigenvalue weighted by Gasteiger charge is 2.55. The molecule has 0 aromatic heterocycles. The SMILES string of the molecule is COC(=O)C12CSCC1CN(Cc1ccccc1)C2. The number of carbonyl (C=O) groups is 1. The Bertz CT molecular complexity index is 464. The molecular weight excluding hydrogens is 258 g/mol. The standard InChI is InChI=1S/C15H19NO2S/c1-18-14(17)15-10-16(8-13(15)9-19-11-15)7-12-5-3-2-4-6-12/h2-6,13H,7-11H2,1H3. The average molecular weight is 277 g/mol. The van der Waals surface area contributed by atoms with Crippen LogP contribution in [-0.4, -0.2) is 42.6 Å². The van der Waals surface area contributed by atoms with Gasteiger partial charge in [0.1, 0.15) is 0 Å². The molecule has 0 saturated carbocycles. The van der Waals surface area contributed by atoms with Gasteiger partial charge in [0.25, 0.3) is 0 Å². The molecule has 0 spiro atoms. The maximum Gasteiger partial charge on any atom is 0.314 e. The van der Waals surface area contributed by atoms with Crippen molar-refractivity contribution in [2.24, 2.45) is 11.3 Å².